The summed E-state index contributed by atoms with van der Waals surface area (Å²) in [5, 5.41) is 5.38. The molecule has 2 amide bonds. The fraction of sp³-hybridized carbons (Fsp3) is 0.625. The number of fused-ring (bicyclic) bond motifs is 3. The molecule has 4 rings (SSSR count). The molecule has 0 bridgehead atoms. The van der Waals surface area contributed by atoms with Crippen molar-refractivity contribution in [2.45, 2.75) is 89.9 Å². The molecule has 3 aliphatic heterocycles. The summed E-state index contributed by atoms with van der Waals surface area (Å²) < 4.78 is 34.6. The number of anilines is 1. The number of ether oxygens (including phenoxy) is 6. The number of hydrogen-bond acceptors (Lipinski definition) is 9. The van der Waals surface area contributed by atoms with Crippen molar-refractivity contribution in [3.8, 4) is 0 Å². The van der Waals surface area contributed by atoms with Crippen molar-refractivity contribution in [1.82, 2.24) is 5.32 Å². The number of rotatable bonds is 6. The third kappa shape index (κ3) is 5.49. The Kier molecular flexibility index (Phi) is 6.91. The maximum atomic E-state index is 13.2. The summed E-state index contributed by atoms with van der Waals surface area (Å²) in [5.74, 6) is -3.27. The van der Waals surface area contributed by atoms with Gasteiger partial charge in [-0.25, -0.2) is 4.79 Å². The molecule has 3 heterocycles. The van der Waals surface area contributed by atoms with E-state index >= 15 is 0 Å². The quantitative estimate of drug-likeness (QED) is 0.570. The molecule has 192 valence electrons. The summed E-state index contributed by atoms with van der Waals surface area (Å²) in [5.41, 5.74) is 0.838. The Hall–Kier alpha value is -2.57. The molecule has 0 spiro atoms. The van der Waals surface area contributed by atoms with Crippen molar-refractivity contribution < 1.29 is 42.8 Å². The lowest BCUT2D eigenvalue weighted by atomic mass is 9.98. The van der Waals surface area contributed by atoms with Crippen LogP contribution < -0.4 is 10.6 Å². The first-order valence-corrected chi connectivity index (χ1v) is 11.6. The molecule has 11 heteroatoms. The topological polar surface area (TPSA) is 131 Å². The summed E-state index contributed by atoms with van der Waals surface area (Å²) >= 11 is 0. The van der Waals surface area contributed by atoms with E-state index in [0.29, 0.717) is 11.3 Å². The van der Waals surface area contributed by atoms with Gasteiger partial charge in [-0.15, -0.1) is 0 Å². The zero-order valence-electron chi connectivity index (χ0n) is 20.7. The zero-order chi connectivity index (χ0) is 25.5. The number of esters is 1. The van der Waals surface area contributed by atoms with Crippen LogP contribution in [0.1, 0.15) is 51.9 Å². The Morgan fingerprint density at radius 3 is 2.20 bits per heavy atom. The lowest BCUT2D eigenvalue weighted by molar-refractivity contribution is -0.231. The fourth-order valence-corrected chi connectivity index (χ4v) is 4.34. The summed E-state index contributed by atoms with van der Waals surface area (Å²) in [6.45, 7) is 10.6. The van der Waals surface area contributed by atoms with Gasteiger partial charge in [-0.1, -0.05) is 0 Å². The molecular weight excluding hydrogens is 460 g/mol. The summed E-state index contributed by atoms with van der Waals surface area (Å²) in [6.07, 6.45) is -3.77. The molecule has 6 atom stereocenters. The monoisotopic (exact) mass is 492 g/mol. The zero-order valence-corrected chi connectivity index (χ0v) is 20.7. The van der Waals surface area contributed by atoms with Crippen LogP contribution in [0.4, 0.5) is 5.69 Å². The van der Waals surface area contributed by atoms with Crippen LogP contribution in [-0.2, 0) is 38.0 Å². The second-order valence-electron chi connectivity index (χ2n) is 9.61. The second-order valence-corrected chi connectivity index (χ2v) is 9.61. The third-order valence-electron chi connectivity index (χ3n) is 5.83. The van der Waals surface area contributed by atoms with Crippen molar-refractivity contribution in [3.63, 3.8) is 0 Å². The van der Waals surface area contributed by atoms with Gasteiger partial charge in [0.15, 0.2) is 24.0 Å². The van der Waals surface area contributed by atoms with E-state index in [1.807, 2.05) is 0 Å². The minimum atomic E-state index is -1.07. The average Bonchev–Trinajstić information content (AvgIpc) is 3.27. The van der Waals surface area contributed by atoms with E-state index in [1.165, 1.54) is 0 Å². The van der Waals surface area contributed by atoms with Crippen LogP contribution in [-0.4, -0.2) is 72.7 Å². The Morgan fingerprint density at radius 1 is 0.943 bits per heavy atom. The fourth-order valence-electron chi connectivity index (χ4n) is 4.34. The Balaban J connectivity index is 1.39. The van der Waals surface area contributed by atoms with Crippen LogP contribution in [0.3, 0.4) is 0 Å². The number of carbonyl (C=O) groups excluding carboxylic acids is 3. The summed E-state index contributed by atoms with van der Waals surface area (Å²) in [6, 6.07) is 5.37. The molecule has 3 aliphatic rings. The number of carbonyl (C=O) groups is 3. The van der Waals surface area contributed by atoms with Gasteiger partial charge in [0, 0.05) is 5.69 Å². The van der Waals surface area contributed by atoms with Crippen molar-refractivity contribution in [1.29, 1.82) is 0 Å². The van der Waals surface area contributed by atoms with Crippen molar-refractivity contribution >= 4 is 23.5 Å². The van der Waals surface area contributed by atoms with E-state index in [0.717, 1.165) is 0 Å². The molecule has 1 aromatic rings. The first kappa shape index (κ1) is 25.5. The van der Waals surface area contributed by atoms with E-state index < -0.39 is 66.1 Å². The molecular formula is C24H32N2O9. The standard InChI is InChI=1S/C24H32N2O9/c1-7-30-21(29)13-8-10-14(11-9-13)26-19(27)12(2)25-20(28)17-15-16(33-23(3,4)32-15)18-22(31-17)35-24(5,6)34-18/h8-12,15-18,22H,7H2,1-6H3,(H,25,28)(H,26,27)/t12?,15-,16+,17?,18-,22-/m1/s1. The lowest BCUT2D eigenvalue weighted by Gasteiger charge is -2.36. The molecule has 3 fully saturated rings. The summed E-state index contributed by atoms with van der Waals surface area (Å²) in [7, 11) is 0. The highest BCUT2D eigenvalue weighted by Gasteiger charge is 2.62. The van der Waals surface area contributed by atoms with Crippen LogP contribution in [0.25, 0.3) is 0 Å². The maximum Gasteiger partial charge on any atom is 0.338 e. The Labute approximate surface area is 203 Å². The van der Waals surface area contributed by atoms with Crippen LogP contribution >= 0.6 is 0 Å². The number of amides is 2. The van der Waals surface area contributed by atoms with E-state index in [2.05, 4.69) is 10.6 Å². The molecule has 2 N–H and O–H groups in total. The molecule has 0 aromatic heterocycles. The first-order valence-electron chi connectivity index (χ1n) is 11.6. The lowest BCUT2D eigenvalue weighted by Crippen LogP contribution is -2.60. The second kappa shape index (κ2) is 9.47. The highest BCUT2D eigenvalue weighted by atomic mass is 16.9. The molecule has 11 nitrogen and oxygen atoms in total. The molecule has 1 aromatic carbocycles. The van der Waals surface area contributed by atoms with E-state index in [-0.39, 0.29) is 6.61 Å². The molecule has 0 saturated carbocycles. The van der Waals surface area contributed by atoms with Gasteiger partial charge in [0.2, 0.25) is 5.91 Å². The van der Waals surface area contributed by atoms with E-state index in [9.17, 15) is 14.4 Å². The predicted octanol–water partition coefficient (Wildman–Crippen LogP) is 1.70. The minimum Gasteiger partial charge on any atom is -0.462 e. The number of hydrogen-bond donors (Lipinski definition) is 2. The number of nitrogens with one attached hydrogen (secondary N) is 2. The van der Waals surface area contributed by atoms with Crippen LogP contribution in [0.2, 0.25) is 0 Å². The first-order chi connectivity index (χ1) is 16.4. The molecule has 2 unspecified atom stereocenters. The molecule has 0 aliphatic carbocycles. The SMILES string of the molecule is CCOC(=O)c1ccc(NC(=O)C(C)NC(=O)C2O[C@@H]3OC(C)(C)O[C@@H]3[C@H]3OC(C)(C)O[C@@H]23)cc1. The minimum absolute atomic E-state index is 0.272. The predicted molar refractivity (Wildman–Crippen MR) is 121 cm³/mol. The number of benzene rings is 1. The molecule has 3 saturated heterocycles. The van der Waals surface area contributed by atoms with Gasteiger partial charge in [0.05, 0.1) is 12.2 Å². The maximum absolute atomic E-state index is 13.2. The van der Waals surface area contributed by atoms with Gasteiger partial charge in [-0.05, 0) is 65.8 Å². The highest BCUT2D eigenvalue weighted by Crippen LogP contribution is 2.44. The van der Waals surface area contributed by atoms with Gasteiger partial charge < -0.3 is 39.1 Å². The van der Waals surface area contributed by atoms with Gasteiger partial charge in [0.1, 0.15) is 24.4 Å². The smallest absolute Gasteiger partial charge is 0.338 e. The Morgan fingerprint density at radius 2 is 1.54 bits per heavy atom. The van der Waals surface area contributed by atoms with Gasteiger partial charge >= 0.3 is 5.97 Å². The molecule has 35 heavy (non-hydrogen) atoms. The van der Waals surface area contributed by atoms with E-state index in [4.69, 9.17) is 28.4 Å². The van der Waals surface area contributed by atoms with Gasteiger partial charge in [0.25, 0.3) is 5.91 Å². The largest absolute Gasteiger partial charge is 0.462 e. The highest BCUT2D eigenvalue weighted by molar-refractivity contribution is 5.98. The third-order valence-corrected chi connectivity index (χ3v) is 5.83. The molecule has 0 radical (unpaired) electrons. The average molecular weight is 493 g/mol. The summed E-state index contributed by atoms with van der Waals surface area (Å²) in [4.78, 5) is 37.6. The van der Waals surface area contributed by atoms with Crippen molar-refractivity contribution in [2.75, 3.05) is 11.9 Å². The van der Waals surface area contributed by atoms with Crippen LogP contribution in [0, 0.1) is 0 Å². The van der Waals surface area contributed by atoms with Crippen LogP contribution in [0.5, 0.6) is 0 Å². The van der Waals surface area contributed by atoms with Crippen molar-refractivity contribution in [2.24, 2.45) is 0 Å². The Bertz CT molecular complexity index is 978. The van der Waals surface area contributed by atoms with E-state index in [1.54, 1.807) is 65.8 Å². The van der Waals surface area contributed by atoms with Gasteiger partial charge in [-0.3, -0.25) is 9.59 Å². The van der Waals surface area contributed by atoms with Gasteiger partial charge in [-0.2, -0.15) is 0 Å². The van der Waals surface area contributed by atoms with Crippen LogP contribution in [0.15, 0.2) is 24.3 Å². The normalized spacial score (nSPS) is 31.1. The van der Waals surface area contributed by atoms with Crippen molar-refractivity contribution in [3.05, 3.63) is 29.8 Å².